The van der Waals surface area contributed by atoms with Crippen LogP contribution in [0, 0.1) is 5.92 Å². The van der Waals surface area contributed by atoms with E-state index in [0.29, 0.717) is 5.92 Å². The van der Waals surface area contributed by atoms with Gasteiger partial charge in [0.15, 0.2) is 0 Å². The summed E-state index contributed by atoms with van der Waals surface area (Å²) in [5.41, 5.74) is 1.29. The number of piperidine rings is 1. The third-order valence-electron chi connectivity index (χ3n) is 3.25. The number of rotatable bonds is 1. The van der Waals surface area contributed by atoms with Gasteiger partial charge in [0.25, 0.3) is 0 Å². The number of nitrogens with zero attached hydrogens (tertiary/aromatic N) is 1. The van der Waals surface area contributed by atoms with Gasteiger partial charge in [-0.2, -0.15) is 0 Å². The van der Waals surface area contributed by atoms with E-state index in [0.717, 1.165) is 13.1 Å². The monoisotopic (exact) mass is 207 g/mol. The third kappa shape index (κ3) is 2.78. The van der Waals surface area contributed by atoms with Gasteiger partial charge in [0.2, 0.25) is 0 Å². The number of allylic oxidation sites excluding steroid dienone is 6. The number of halogens is 1. The average Bonchev–Trinajstić information content (AvgIpc) is 2.44. The van der Waals surface area contributed by atoms with Crippen molar-refractivity contribution in [2.45, 2.75) is 19.0 Å². The summed E-state index contributed by atoms with van der Waals surface area (Å²) in [5, 5.41) is 0. The highest BCUT2D eigenvalue weighted by atomic mass is 19.1. The number of hydrogen-bond acceptors (Lipinski definition) is 1. The highest BCUT2D eigenvalue weighted by Crippen LogP contribution is 2.26. The van der Waals surface area contributed by atoms with Crippen LogP contribution in [0.4, 0.5) is 4.39 Å². The lowest BCUT2D eigenvalue weighted by Gasteiger charge is -2.29. The molecule has 0 N–H and O–H groups in total. The lowest BCUT2D eigenvalue weighted by Crippen LogP contribution is -2.30. The van der Waals surface area contributed by atoms with Crippen LogP contribution in [0.15, 0.2) is 36.0 Å². The van der Waals surface area contributed by atoms with E-state index in [1.54, 1.807) is 12.2 Å². The largest absolute Gasteiger partial charge is 0.306 e. The smallest absolute Gasteiger partial charge is 0.137 e. The Kier molecular flexibility index (Phi) is 3.37. The first kappa shape index (κ1) is 10.6. The fraction of sp³-hybridized carbons (Fsp3) is 0.538. The standard InChI is InChI=1S/C13H18FN/c1-15-9-7-12(8-10-15)11-3-2-4-13(14)6-5-11/h2-6,12-13H,7-10H2,1H3. The van der Waals surface area contributed by atoms with Crippen LogP contribution in [0.3, 0.4) is 0 Å². The van der Waals surface area contributed by atoms with E-state index >= 15 is 0 Å². The van der Waals surface area contributed by atoms with Crippen molar-refractivity contribution in [1.29, 1.82) is 0 Å². The minimum absolute atomic E-state index is 0.618. The molecule has 0 aromatic heterocycles. The van der Waals surface area contributed by atoms with E-state index in [1.807, 2.05) is 12.2 Å². The lowest BCUT2D eigenvalue weighted by molar-refractivity contribution is 0.240. The van der Waals surface area contributed by atoms with Gasteiger partial charge in [0, 0.05) is 0 Å². The second kappa shape index (κ2) is 4.75. The van der Waals surface area contributed by atoms with Crippen molar-refractivity contribution >= 4 is 0 Å². The average molecular weight is 207 g/mol. The van der Waals surface area contributed by atoms with Crippen LogP contribution in [0.2, 0.25) is 0 Å². The summed E-state index contributed by atoms with van der Waals surface area (Å²) in [4.78, 5) is 2.35. The molecule has 1 fully saturated rings. The lowest BCUT2D eigenvalue weighted by atomic mass is 9.89. The van der Waals surface area contributed by atoms with E-state index in [4.69, 9.17) is 0 Å². The summed E-state index contributed by atoms with van der Waals surface area (Å²) in [6.45, 7) is 2.30. The van der Waals surface area contributed by atoms with Crippen molar-refractivity contribution in [3.63, 3.8) is 0 Å². The van der Waals surface area contributed by atoms with Crippen LogP contribution in [-0.2, 0) is 0 Å². The molecule has 1 nitrogen and oxygen atoms in total. The Morgan fingerprint density at radius 2 is 2.00 bits per heavy atom. The van der Waals surface area contributed by atoms with Crippen molar-refractivity contribution in [3.05, 3.63) is 36.0 Å². The molecule has 1 aliphatic carbocycles. The maximum absolute atomic E-state index is 13.0. The van der Waals surface area contributed by atoms with Crippen LogP contribution < -0.4 is 0 Å². The van der Waals surface area contributed by atoms with E-state index in [1.165, 1.54) is 18.4 Å². The molecule has 0 aromatic rings. The number of alkyl halides is 1. The van der Waals surface area contributed by atoms with Crippen LogP contribution in [0.1, 0.15) is 12.8 Å². The molecule has 0 saturated carbocycles. The van der Waals surface area contributed by atoms with Gasteiger partial charge in [-0.05, 0) is 56.6 Å². The molecule has 1 saturated heterocycles. The summed E-state index contributed by atoms with van der Waals surface area (Å²) < 4.78 is 13.0. The predicted octanol–water partition coefficient (Wildman–Crippen LogP) is 2.72. The van der Waals surface area contributed by atoms with E-state index in [2.05, 4.69) is 18.0 Å². The maximum Gasteiger partial charge on any atom is 0.137 e. The van der Waals surface area contributed by atoms with Gasteiger partial charge >= 0.3 is 0 Å². The minimum Gasteiger partial charge on any atom is -0.306 e. The fourth-order valence-corrected chi connectivity index (χ4v) is 2.21. The zero-order valence-electron chi connectivity index (χ0n) is 9.20. The molecule has 2 heteroatoms. The molecule has 1 atom stereocenters. The summed E-state index contributed by atoms with van der Waals surface area (Å²) in [7, 11) is 2.16. The quantitative estimate of drug-likeness (QED) is 0.639. The first-order valence-electron chi connectivity index (χ1n) is 5.65. The Morgan fingerprint density at radius 3 is 2.73 bits per heavy atom. The minimum atomic E-state index is -0.912. The summed E-state index contributed by atoms with van der Waals surface area (Å²) in [6, 6.07) is 0. The zero-order valence-corrected chi connectivity index (χ0v) is 9.20. The van der Waals surface area contributed by atoms with Gasteiger partial charge < -0.3 is 4.90 Å². The van der Waals surface area contributed by atoms with Gasteiger partial charge in [-0.1, -0.05) is 18.2 Å². The Balaban J connectivity index is 2.02. The van der Waals surface area contributed by atoms with Crippen molar-refractivity contribution < 1.29 is 4.39 Å². The Labute approximate surface area is 91.0 Å². The number of hydrogen-bond donors (Lipinski definition) is 0. The summed E-state index contributed by atoms with van der Waals surface area (Å²) in [6.07, 6.45) is 10.6. The molecule has 1 unspecified atom stereocenters. The molecule has 1 aliphatic heterocycles. The first-order chi connectivity index (χ1) is 7.25. The predicted molar refractivity (Wildman–Crippen MR) is 61.5 cm³/mol. The molecular weight excluding hydrogens is 189 g/mol. The topological polar surface area (TPSA) is 3.24 Å². The molecule has 0 spiro atoms. The molecule has 0 bridgehead atoms. The van der Waals surface area contributed by atoms with Gasteiger partial charge in [-0.3, -0.25) is 0 Å². The highest BCUT2D eigenvalue weighted by molar-refractivity contribution is 5.31. The second-order valence-electron chi connectivity index (χ2n) is 4.43. The van der Waals surface area contributed by atoms with Crippen molar-refractivity contribution in [2.24, 2.45) is 5.92 Å². The molecule has 2 aliphatic rings. The van der Waals surface area contributed by atoms with E-state index in [-0.39, 0.29) is 0 Å². The van der Waals surface area contributed by atoms with Crippen LogP contribution in [0.25, 0.3) is 0 Å². The van der Waals surface area contributed by atoms with Crippen LogP contribution in [0.5, 0.6) is 0 Å². The normalized spacial score (nSPS) is 28.9. The zero-order chi connectivity index (χ0) is 10.7. The van der Waals surface area contributed by atoms with Gasteiger partial charge in [-0.15, -0.1) is 0 Å². The van der Waals surface area contributed by atoms with Gasteiger partial charge in [0.05, 0.1) is 0 Å². The van der Waals surface area contributed by atoms with Crippen LogP contribution in [-0.4, -0.2) is 31.2 Å². The maximum atomic E-state index is 13.0. The number of likely N-dealkylation sites (tertiary alicyclic amines) is 1. The third-order valence-corrected chi connectivity index (χ3v) is 3.25. The first-order valence-corrected chi connectivity index (χ1v) is 5.65. The van der Waals surface area contributed by atoms with Crippen LogP contribution >= 0.6 is 0 Å². The second-order valence-corrected chi connectivity index (χ2v) is 4.43. The molecular formula is C13H18FN. The Bertz CT molecular complexity index is 296. The Morgan fingerprint density at radius 1 is 1.27 bits per heavy atom. The summed E-state index contributed by atoms with van der Waals surface area (Å²) >= 11 is 0. The van der Waals surface area contributed by atoms with Gasteiger partial charge in [-0.25, -0.2) is 4.39 Å². The SMILES string of the molecule is CN1CCC(C2=CC=CC(F)C=C2)CC1. The van der Waals surface area contributed by atoms with Crippen molar-refractivity contribution in [1.82, 2.24) is 4.90 Å². The molecule has 82 valence electrons. The molecule has 0 amide bonds. The molecule has 0 aromatic carbocycles. The van der Waals surface area contributed by atoms with Gasteiger partial charge in [0.1, 0.15) is 6.17 Å². The Hall–Kier alpha value is -0.890. The highest BCUT2D eigenvalue weighted by Gasteiger charge is 2.19. The van der Waals surface area contributed by atoms with E-state index in [9.17, 15) is 4.39 Å². The molecule has 0 radical (unpaired) electrons. The summed E-state index contributed by atoms with van der Waals surface area (Å²) in [5.74, 6) is 0.618. The van der Waals surface area contributed by atoms with E-state index < -0.39 is 6.17 Å². The molecule has 2 rings (SSSR count). The fourth-order valence-electron chi connectivity index (χ4n) is 2.21. The van der Waals surface area contributed by atoms with Crippen molar-refractivity contribution in [3.8, 4) is 0 Å². The van der Waals surface area contributed by atoms with Crippen molar-refractivity contribution in [2.75, 3.05) is 20.1 Å². The molecule has 15 heavy (non-hydrogen) atoms. The molecule has 1 heterocycles.